The summed E-state index contributed by atoms with van der Waals surface area (Å²) in [4.78, 5) is 0. The van der Waals surface area contributed by atoms with Gasteiger partial charge < -0.3 is 0 Å². The molecular weight excluding hydrogens is 674 g/mol. The van der Waals surface area contributed by atoms with Gasteiger partial charge in [0.1, 0.15) is 0 Å². The second kappa shape index (κ2) is 13.2. The zero-order valence-corrected chi connectivity index (χ0v) is 25.6. The monoisotopic (exact) mass is 698 g/mol. The Labute approximate surface area is 259 Å². The maximum atomic E-state index is 14.3. The summed E-state index contributed by atoms with van der Waals surface area (Å²) in [5.74, 6) is 0. The molecule has 0 aliphatic rings. The molecule has 0 saturated carbocycles. The van der Waals surface area contributed by atoms with E-state index in [1.165, 1.54) is 38.1 Å². The molecule has 0 fully saturated rings. The summed E-state index contributed by atoms with van der Waals surface area (Å²) in [5, 5.41) is -2.10. The predicted molar refractivity (Wildman–Crippen MR) is 157 cm³/mol. The molecule has 4 aromatic rings. The third-order valence-corrected chi connectivity index (χ3v) is 13.8. The van der Waals surface area contributed by atoms with Gasteiger partial charge in [-0.2, -0.15) is 52.7 Å². The molecule has 0 heterocycles. The summed E-state index contributed by atoms with van der Waals surface area (Å²) in [6.07, 6.45) is -20.1. The summed E-state index contributed by atoms with van der Waals surface area (Å²) in [6, 6.07) is 15.8. The first-order valence-corrected chi connectivity index (χ1v) is 16.3. The van der Waals surface area contributed by atoms with Crippen LogP contribution in [0.15, 0.2) is 97.1 Å². The quantitative estimate of drug-likeness (QED) is 0.133. The highest BCUT2D eigenvalue weighted by atomic mass is 31.1. The topological polar surface area (TPSA) is 0 Å². The Balaban J connectivity index is 2.07. The van der Waals surface area contributed by atoms with Gasteiger partial charge in [0.15, 0.2) is 0 Å². The molecule has 0 aromatic heterocycles. The molecule has 14 heteroatoms. The van der Waals surface area contributed by atoms with Gasteiger partial charge in [-0.3, -0.25) is 0 Å². The molecule has 0 spiro atoms. The third-order valence-electron chi connectivity index (χ3n) is 7.39. The largest absolute Gasteiger partial charge is 0.417 e. The van der Waals surface area contributed by atoms with Crippen molar-refractivity contribution >= 4 is 37.1 Å². The van der Waals surface area contributed by atoms with Crippen LogP contribution in [0.5, 0.6) is 0 Å². The van der Waals surface area contributed by atoms with Gasteiger partial charge in [-0.05, 0) is 72.6 Å². The normalized spacial score (nSPS) is 14.5. The van der Waals surface area contributed by atoms with E-state index in [1.807, 2.05) is 0 Å². The van der Waals surface area contributed by atoms with E-state index in [1.54, 1.807) is 0 Å². The summed E-state index contributed by atoms with van der Waals surface area (Å²) >= 11 is 0. The van der Waals surface area contributed by atoms with Crippen molar-refractivity contribution in [2.45, 2.75) is 49.9 Å². The number of benzene rings is 4. The van der Waals surface area contributed by atoms with E-state index in [-0.39, 0.29) is 0 Å². The molecule has 0 bridgehead atoms. The van der Waals surface area contributed by atoms with Gasteiger partial charge in [0.25, 0.3) is 0 Å². The maximum Gasteiger partial charge on any atom is 0.417 e. The molecule has 0 saturated heterocycles. The van der Waals surface area contributed by atoms with Gasteiger partial charge in [0.2, 0.25) is 0 Å². The molecule has 0 amide bonds. The molecule has 2 unspecified atom stereocenters. The SMILES string of the molecule is CC(C(C)P(c1ccccc1C(F)(F)F)c1ccccc1C(F)(F)F)P(c1ccccc1C(F)(F)F)c1ccccc1C(F)(F)F. The van der Waals surface area contributed by atoms with Crippen LogP contribution in [0, 0.1) is 0 Å². The van der Waals surface area contributed by atoms with Gasteiger partial charge in [-0.1, -0.05) is 86.6 Å². The van der Waals surface area contributed by atoms with Crippen LogP contribution in [0.2, 0.25) is 0 Å². The van der Waals surface area contributed by atoms with Crippen LogP contribution < -0.4 is 21.2 Å². The predicted octanol–water partition coefficient (Wildman–Crippen LogP) is 10.1. The number of hydrogen-bond donors (Lipinski definition) is 0. The lowest BCUT2D eigenvalue weighted by Gasteiger charge is -2.38. The average molecular weight is 698 g/mol. The fourth-order valence-electron chi connectivity index (χ4n) is 5.26. The van der Waals surface area contributed by atoms with E-state index in [4.69, 9.17) is 0 Å². The highest BCUT2D eigenvalue weighted by Gasteiger charge is 2.46. The summed E-state index contributed by atoms with van der Waals surface area (Å²) < 4.78 is 172. The summed E-state index contributed by atoms with van der Waals surface area (Å²) in [6.45, 7) is 2.58. The maximum absolute atomic E-state index is 14.3. The minimum Gasteiger partial charge on any atom is -0.166 e. The van der Waals surface area contributed by atoms with Gasteiger partial charge in [-0.25, -0.2) is 0 Å². The molecule has 0 radical (unpaired) electrons. The smallest absolute Gasteiger partial charge is 0.166 e. The Hall–Kier alpha value is -3.10. The molecule has 0 nitrogen and oxygen atoms in total. The molecule has 4 aromatic carbocycles. The Morgan fingerprint density at radius 2 is 0.522 bits per heavy atom. The Morgan fingerprint density at radius 1 is 0.348 bits per heavy atom. The highest BCUT2D eigenvalue weighted by Crippen LogP contribution is 2.56. The van der Waals surface area contributed by atoms with Gasteiger partial charge in [0.05, 0.1) is 22.3 Å². The molecular formula is C32H24F12P2. The Kier molecular flexibility index (Phi) is 10.2. The van der Waals surface area contributed by atoms with Crippen molar-refractivity contribution in [3.63, 3.8) is 0 Å². The fraction of sp³-hybridized carbons (Fsp3) is 0.250. The van der Waals surface area contributed by atoms with E-state index >= 15 is 0 Å². The fourth-order valence-corrected chi connectivity index (χ4v) is 12.0. The van der Waals surface area contributed by atoms with Crippen molar-refractivity contribution in [2.24, 2.45) is 0 Å². The van der Waals surface area contributed by atoms with Gasteiger partial charge in [0, 0.05) is 0 Å². The van der Waals surface area contributed by atoms with Crippen LogP contribution in [-0.4, -0.2) is 11.3 Å². The van der Waals surface area contributed by atoms with Crippen LogP contribution in [0.25, 0.3) is 0 Å². The Morgan fingerprint density at radius 3 is 0.696 bits per heavy atom. The lowest BCUT2D eigenvalue weighted by molar-refractivity contribution is -0.137. The summed E-state index contributed by atoms with van der Waals surface area (Å²) in [5.41, 5.74) is -7.56. The number of alkyl halides is 12. The Bertz CT molecular complexity index is 1420. The van der Waals surface area contributed by atoms with Crippen LogP contribution in [-0.2, 0) is 24.7 Å². The first-order valence-electron chi connectivity index (χ1n) is 13.5. The molecule has 0 N–H and O–H groups in total. The molecule has 0 aliphatic heterocycles. The van der Waals surface area contributed by atoms with Gasteiger partial charge in [-0.15, -0.1) is 0 Å². The number of rotatable bonds is 7. The lowest BCUT2D eigenvalue weighted by atomic mass is 10.2. The molecule has 0 aliphatic carbocycles. The van der Waals surface area contributed by atoms with E-state index in [0.717, 1.165) is 48.5 Å². The van der Waals surface area contributed by atoms with Crippen molar-refractivity contribution in [1.82, 2.24) is 0 Å². The average Bonchev–Trinajstić information content (AvgIpc) is 2.96. The van der Waals surface area contributed by atoms with E-state index < -0.39 is 95.3 Å². The second-order valence-electron chi connectivity index (χ2n) is 10.3. The van der Waals surface area contributed by atoms with Crippen LogP contribution in [0.3, 0.4) is 0 Å². The first kappa shape index (κ1) is 35.7. The molecule has 46 heavy (non-hydrogen) atoms. The number of hydrogen-bond acceptors (Lipinski definition) is 0. The third kappa shape index (κ3) is 7.54. The highest BCUT2D eigenvalue weighted by molar-refractivity contribution is 7.77. The first-order chi connectivity index (χ1) is 21.2. The van der Waals surface area contributed by atoms with Gasteiger partial charge >= 0.3 is 24.7 Å². The van der Waals surface area contributed by atoms with Crippen LogP contribution in [0.1, 0.15) is 36.1 Å². The zero-order chi connectivity index (χ0) is 34.2. The minimum absolute atomic E-state index is 0.524. The molecule has 4 rings (SSSR count). The van der Waals surface area contributed by atoms with Crippen LogP contribution in [0.4, 0.5) is 52.7 Å². The van der Waals surface area contributed by atoms with Crippen molar-refractivity contribution in [3.8, 4) is 0 Å². The second-order valence-corrected chi connectivity index (χ2v) is 15.3. The van der Waals surface area contributed by atoms with E-state index in [0.29, 0.717) is 24.3 Å². The zero-order valence-electron chi connectivity index (χ0n) is 23.8. The summed E-state index contributed by atoms with van der Waals surface area (Å²) in [7, 11) is -5.39. The molecule has 2 atom stereocenters. The number of halogens is 12. The molecule has 246 valence electrons. The van der Waals surface area contributed by atoms with Crippen molar-refractivity contribution < 1.29 is 52.7 Å². The standard InChI is InChI=1S/C32H24F12P2/c1-19(45(25-15-7-3-11-21(25)29(33,34)35)26-16-8-4-12-22(26)30(36,37)38)20(2)46(27-17-9-5-13-23(27)31(39,40)41)28-18-10-6-14-24(28)32(42,43)44/h3-20H,1-2H3. The minimum atomic E-state index is -5.02. The van der Waals surface area contributed by atoms with Crippen LogP contribution >= 0.6 is 15.8 Å². The van der Waals surface area contributed by atoms with Crippen molar-refractivity contribution in [1.29, 1.82) is 0 Å². The van der Waals surface area contributed by atoms with E-state index in [2.05, 4.69) is 0 Å². The van der Waals surface area contributed by atoms with Crippen molar-refractivity contribution in [3.05, 3.63) is 119 Å². The lowest BCUT2D eigenvalue weighted by Crippen LogP contribution is -2.37. The van der Waals surface area contributed by atoms with Crippen molar-refractivity contribution in [2.75, 3.05) is 0 Å². The van der Waals surface area contributed by atoms with E-state index in [9.17, 15) is 52.7 Å².